The number of rotatable bonds is 6. The Labute approximate surface area is 149 Å². The lowest BCUT2D eigenvalue weighted by molar-refractivity contribution is -0.385. The summed E-state index contributed by atoms with van der Waals surface area (Å²) in [5.74, 6) is -1.39. The molecule has 0 amide bonds. The van der Waals surface area contributed by atoms with Gasteiger partial charge >= 0.3 is 0 Å². The molecule has 0 bridgehead atoms. The molecule has 2 aromatic rings. The Bertz CT molecular complexity index is 986. The second kappa shape index (κ2) is 7.61. The van der Waals surface area contributed by atoms with Gasteiger partial charge < -0.3 is 5.11 Å². The molecule has 1 aromatic carbocycles. The molecule has 8 nitrogen and oxygen atoms in total. The fraction of sp³-hybridized carbons (Fsp3) is 0.278. The average molecular weight is 355 g/mol. The van der Waals surface area contributed by atoms with Crippen molar-refractivity contribution in [3.05, 3.63) is 67.0 Å². The first-order valence-electron chi connectivity index (χ1n) is 7.99. The number of carbonyl (C=O) groups is 1. The van der Waals surface area contributed by atoms with Crippen LogP contribution in [0.15, 0.2) is 29.1 Å². The van der Waals surface area contributed by atoms with E-state index in [-0.39, 0.29) is 28.8 Å². The van der Waals surface area contributed by atoms with Crippen LogP contribution in [0.3, 0.4) is 0 Å². The number of para-hydroxylation sites is 1. The van der Waals surface area contributed by atoms with E-state index in [1.807, 2.05) is 6.92 Å². The monoisotopic (exact) mass is 355 g/mol. The van der Waals surface area contributed by atoms with Crippen LogP contribution in [0.2, 0.25) is 0 Å². The number of aromatic hydroxyl groups is 1. The van der Waals surface area contributed by atoms with Crippen molar-refractivity contribution in [3.63, 3.8) is 0 Å². The van der Waals surface area contributed by atoms with Gasteiger partial charge in [0, 0.05) is 12.6 Å². The summed E-state index contributed by atoms with van der Waals surface area (Å²) in [6.07, 6.45) is 1.29. The van der Waals surface area contributed by atoms with Gasteiger partial charge in [-0.15, -0.1) is 0 Å². The van der Waals surface area contributed by atoms with Crippen LogP contribution in [0.5, 0.6) is 5.88 Å². The van der Waals surface area contributed by atoms with Gasteiger partial charge in [0.1, 0.15) is 17.2 Å². The first-order chi connectivity index (χ1) is 12.3. The number of pyridine rings is 1. The topological polar surface area (TPSA) is 126 Å². The number of nitro benzene ring substituents is 1. The number of hydrogen-bond acceptors (Lipinski definition) is 6. The van der Waals surface area contributed by atoms with Crippen molar-refractivity contribution >= 4 is 11.5 Å². The molecule has 0 radical (unpaired) electrons. The van der Waals surface area contributed by atoms with Gasteiger partial charge in [-0.25, -0.2) is 0 Å². The molecule has 0 atom stereocenters. The number of nitro groups is 1. The van der Waals surface area contributed by atoms with E-state index in [0.29, 0.717) is 6.42 Å². The quantitative estimate of drug-likeness (QED) is 0.482. The smallest absolute Gasteiger partial charge is 0.280 e. The molecule has 1 N–H and O–H groups in total. The summed E-state index contributed by atoms with van der Waals surface area (Å²) in [4.78, 5) is 35.8. The highest BCUT2D eigenvalue weighted by Crippen LogP contribution is 2.28. The molecular weight excluding hydrogens is 338 g/mol. The van der Waals surface area contributed by atoms with Gasteiger partial charge in [-0.05, 0) is 25.0 Å². The molecule has 134 valence electrons. The number of ketones is 1. The third kappa shape index (κ3) is 3.19. The van der Waals surface area contributed by atoms with Crippen LogP contribution < -0.4 is 5.56 Å². The molecular formula is C18H17N3O5. The van der Waals surface area contributed by atoms with E-state index < -0.39 is 27.8 Å². The van der Waals surface area contributed by atoms with E-state index in [9.17, 15) is 30.1 Å². The highest BCUT2D eigenvalue weighted by molar-refractivity contribution is 6.13. The zero-order valence-corrected chi connectivity index (χ0v) is 14.4. The zero-order chi connectivity index (χ0) is 19.4. The van der Waals surface area contributed by atoms with Crippen LogP contribution in [0.1, 0.15) is 46.8 Å². The third-order valence-electron chi connectivity index (χ3n) is 4.11. The lowest BCUT2D eigenvalue weighted by Gasteiger charge is -2.15. The number of nitrogens with zero attached hydrogens (tertiary/aromatic N) is 3. The third-order valence-corrected chi connectivity index (χ3v) is 4.11. The minimum absolute atomic E-state index is 0.00546. The van der Waals surface area contributed by atoms with E-state index in [2.05, 4.69) is 0 Å². The van der Waals surface area contributed by atoms with Crippen molar-refractivity contribution < 1.29 is 14.8 Å². The normalized spacial score (nSPS) is 10.3. The number of carbonyl (C=O) groups excluding carboxylic acids is 1. The van der Waals surface area contributed by atoms with Crippen molar-refractivity contribution in [1.29, 1.82) is 5.26 Å². The molecule has 0 spiro atoms. The second-order valence-electron chi connectivity index (χ2n) is 5.72. The van der Waals surface area contributed by atoms with E-state index in [0.717, 1.165) is 11.0 Å². The maximum absolute atomic E-state index is 12.9. The molecule has 0 aliphatic carbocycles. The van der Waals surface area contributed by atoms with E-state index in [1.54, 1.807) is 6.07 Å². The molecule has 0 fully saturated rings. The van der Waals surface area contributed by atoms with Gasteiger partial charge in [0.15, 0.2) is 0 Å². The minimum Gasteiger partial charge on any atom is -0.494 e. The molecule has 2 rings (SSSR count). The number of nitriles is 1. The summed E-state index contributed by atoms with van der Waals surface area (Å²) >= 11 is 0. The van der Waals surface area contributed by atoms with Gasteiger partial charge in [0.2, 0.25) is 11.7 Å². The average Bonchev–Trinajstić information content (AvgIpc) is 2.61. The molecule has 0 aliphatic rings. The number of benzene rings is 1. The van der Waals surface area contributed by atoms with Crippen LogP contribution >= 0.6 is 0 Å². The first-order valence-corrected chi connectivity index (χ1v) is 7.99. The first kappa shape index (κ1) is 18.9. The van der Waals surface area contributed by atoms with Crippen LogP contribution in [0, 0.1) is 28.4 Å². The van der Waals surface area contributed by atoms with Crippen molar-refractivity contribution in [3.8, 4) is 11.9 Å². The lowest BCUT2D eigenvalue weighted by atomic mass is 9.96. The zero-order valence-electron chi connectivity index (χ0n) is 14.4. The Morgan fingerprint density at radius 2 is 2.04 bits per heavy atom. The fourth-order valence-electron chi connectivity index (χ4n) is 2.71. The molecule has 1 heterocycles. The molecule has 0 aliphatic heterocycles. The van der Waals surface area contributed by atoms with Crippen molar-refractivity contribution in [2.24, 2.45) is 0 Å². The lowest BCUT2D eigenvalue weighted by Crippen LogP contribution is -2.27. The van der Waals surface area contributed by atoms with Gasteiger partial charge in [-0.1, -0.05) is 25.5 Å². The van der Waals surface area contributed by atoms with Gasteiger partial charge in [0.05, 0.1) is 10.5 Å². The maximum atomic E-state index is 12.9. The SMILES string of the molecule is CCCCn1c(O)c(C(=O)c2ccccc2[N+](=O)[O-])c(C)c(C#N)c1=O. The van der Waals surface area contributed by atoms with Gasteiger partial charge in [-0.3, -0.25) is 24.3 Å². The molecule has 1 aromatic heterocycles. The summed E-state index contributed by atoms with van der Waals surface area (Å²) in [7, 11) is 0. The van der Waals surface area contributed by atoms with Gasteiger partial charge in [-0.2, -0.15) is 5.26 Å². The fourth-order valence-corrected chi connectivity index (χ4v) is 2.71. The molecule has 26 heavy (non-hydrogen) atoms. The van der Waals surface area contributed by atoms with Crippen molar-refractivity contribution in [1.82, 2.24) is 4.57 Å². The molecule has 0 saturated carbocycles. The number of unbranched alkanes of at least 4 members (excludes halogenated alkanes) is 1. The predicted molar refractivity (Wildman–Crippen MR) is 93.3 cm³/mol. The Morgan fingerprint density at radius 1 is 1.38 bits per heavy atom. The molecule has 8 heteroatoms. The highest BCUT2D eigenvalue weighted by Gasteiger charge is 2.28. The Balaban J connectivity index is 2.78. The van der Waals surface area contributed by atoms with Crippen molar-refractivity contribution in [2.75, 3.05) is 0 Å². The molecule has 0 saturated heterocycles. The standard InChI is InChI=1S/C18H17N3O5/c1-3-4-9-20-17(23)13(10-19)11(2)15(18(20)24)16(22)12-7-5-6-8-14(12)21(25)26/h5-8,24H,3-4,9H2,1-2H3. The Kier molecular flexibility index (Phi) is 5.52. The summed E-state index contributed by atoms with van der Waals surface area (Å²) in [6.45, 7) is 3.39. The summed E-state index contributed by atoms with van der Waals surface area (Å²) in [6, 6.07) is 7.09. The Hall–Kier alpha value is -3.47. The second-order valence-corrected chi connectivity index (χ2v) is 5.72. The summed E-state index contributed by atoms with van der Waals surface area (Å²) in [5, 5.41) is 31.0. The highest BCUT2D eigenvalue weighted by atomic mass is 16.6. The minimum atomic E-state index is -0.811. The van der Waals surface area contributed by atoms with Crippen LogP contribution in [-0.2, 0) is 6.54 Å². The van der Waals surface area contributed by atoms with E-state index in [1.165, 1.54) is 31.2 Å². The number of hydrogen-bond donors (Lipinski definition) is 1. The largest absolute Gasteiger partial charge is 0.494 e. The number of aromatic nitrogens is 1. The Morgan fingerprint density at radius 3 is 2.62 bits per heavy atom. The summed E-state index contributed by atoms with van der Waals surface area (Å²) in [5.41, 5.74) is -1.85. The van der Waals surface area contributed by atoms with Crippen LogP contribution in [0.4, 0.5) is 5.69 Å². The van der Waals surface area contributed by atoms with E-state index >= 15 is 0 Å². The predicted octanol–water partition coefficient (Wildman–Crippen LogP) is 2.67. The van der Waals surface area contributed by atoms with Crippen LogP contribution in [-0.4, -0.2) is 20.4 Å². The van der Waals surface area contributed by atoms with Crippen molar-refractivity contribution in [2.45, 2.75) is 33.2 Å². The van der Waals surface area contributed by atoms with Gasteiger partial charge in [0.25, 0.3) is 11.2 Å². The maximum Gasteiger partial charge on any atom is 0.280 e. The van der Waals surface area contributed by atoms with Crippen LogP contribution in [0.25, 0.3) is 0 Å². The van der Waals surface area contributed by atoms with E-state index in [4.69, 9.17) is 0 Å². The molecule has 0 unspecified atom stereocenters. The summed E-state index contributed by atoms with van der Waals surface area (Å²) < 4.78 is 0.969.